The minimum atomic E-state index is -2.94. The lowest BCUT2D eigenvalue weighted by Crippen LogP contribution is -2.37. The van der Waals surface area contributed by atoms with Crippen LogP contribution in [0.15, 0.2) is 29.3 Å². The molecule has 2 aliphatic rings. The van der Waals surface area contributed by atoms with Gasteiger partial charge in [-0.15, -0.1) is 0 Å². The number of benzene rings is 1. The molecule has 1 atom stereocenters. The van der Waals surface area contributed by atoms with Gasteiger partial charge >= 0.3 is 0 Å². The zero-order valence-electron chi connectivity index (χ0n) is 16.9. The molecule has 0 radical (unpaired) electrons. The number of amidine groups is 1. The van der Waals surface area contributed by atoms with Crippen molar-refractivity contribution in [3.8, 4) is 0 Å². The van der Waals surface area contributed by atoms with Crippen LogP contribution in [0.1, 0.15) is 55.8 Å². The summed E-state index contributed by atoms with van der Waals surface area (Å²) >= 11 is 0. The number of nitrogens with one attached hydrogen (secondary N) is 2. The van der Waals surface area contributed by atoms with Crippen molar-refractivity contribution in [2.45, 2.75) is 51.0 Å². The lowest BCUT2D eigenvalue weighted by molar-refractivity contribution is 0.101. The van der Waals surface area contributed by atoms with Crippen molar-refractivity contribution in [1.82, 2.24) is 10.3 Å². The van der Waals surface area contributed by atoms with E-state index >= 15 is 0 Å². The molecule has 1 fully saturated rings. The van der Waals surface area contributed by atoms with E-state index in [2.05, 4.69) is 27.2 Å². The molecule has 9 heteroatoms. The zero-order valence-corrected chi connectivity index (χ0v) is 16.9. The molecule has 164 valence electrons. The maximum atomic E-state index is 14.6. The van der Waals surface area contributed by atoms with Crippen LogP contribution in [0, 0.1) is 5.82 Å². The van der Waals surface area contributed by atoms with Gasteiger partial charge in [0.15, 0.2) is 0 Å². The Balaban J connectivity index is 1.80. The highest BCUT2D eigenvalue weighted by Gasteiger charge is 2.53. The second kappa shape index (κ2) is 7.62. The van der Waals surface area contributed by atoms with Crippen molar-refractivity contribution in [3.05, 3.63) is 57.3 Å². The van der Waals surface area contributed by atoms with E-state index in [-0.39, 0.29) is 10.9 Å². The molecular formula is C22H21F5N4. The molecule has 31 heavy (non-hydrogen) atoms. The summed E-state index contributed by atoms with van der Waals surface area (Å²) in [5, 5.41) is 6.72. The fourth-order valence-electron chi connectivity index (χ4n) is 3.89. The van der Waals surface area contributed by atoms with Gasteiger partial charge in [0.05, 0.1) is 27.6 Å². The highest BCUT2D eigenvalue weighted by atomic mass is 19.3. The number of aromatic nitrogens is 1. The monoisotopic (exact) mass is 436 g/mol. The highest BCUT2D eigenvalue weighted by Crippen LogP contribution is 2.51. The SMILES string of the molecule is C=c1nc2c(cc1C1(C(F)F)CC1)=C(N[C@H](C)c1cccc(C(F)F)c1F)N=C(C)N2. The van der Waals surface area contributed by atoms with Gasteiger partial charge in [-0.25, -0.2) is 31.9 Å². The van der Waals surface area contributed by atoms with E-state index in [0.29, 0.717) is 41.1 Å². The van der Waals surface area contributed by atoms with Gasteiger partial charge < -0.3 is 10.6 Å². The molecule has 1 aliphatic heterocycles. The Morgan fingerprint density at radius 3 is 2.45 bits per heavy atom. The van der Waals surface area contributed by atoms with E-state index in [0.717, 1.165) is 6.07 Å². The predicted octanol–water partition coefficient (Wildman–Crippen LogP) is 4.13. The van der Waals surface area contributed by atoms with Gasteiger partial charge in [0.25, 0.3) is 6.43 Å². The van der Waals surface area contributed by atoms with Crippen LogP contribution in [0.4, 0.5) is 27.8 Å². The fourth-order valence-corrected chi connectivity index (χ4v) is 3.89. The molecule has 0 bridgehead atoms. The summed E-state index contributed by atoms with van der Waals surface area (Å²) in [4.78, 5) is 8.75. The molecule has 0 amide bonds. The Hall–Kier alpha value is -2.97. The predicted molar refractivity (Wildman–Crippen MR) is 109 cm³/mol. The number of pyridine rings is 1. The van der Waals surface area contributed by atoms with E-state index in [1.807, 2.05) is 0 Å². The Kier molecular flexibility index (Phi) is 5.23. The third-order valence-electron chi connectivity index (χ3n) is 5.79. The summed E-state index contributed by atoms with van der Waals surface area (Å²) in [6.07, 6.45) is -4.80. The van der Waals surface area contributed by atoms with Crippen molar-refractivity contribution in [2.75, 3.05) is 5.32 Å². The Bertz CT molecular complexity index is 1170. The van der Waals surface area contributed by atoms with Crippen LogP contribution in [0.3, 0.4) is 0 Å². The smallest absolute Gasteiger partial charge is 0.266 e. The second-order valence-corrected chi connectivity index (χ2v) is 7.92. The largest absolute Gasteiger partial charge is 0.363 e. The van der Waals surface area contributed by atoms with Crippen molar-refractivity contribution in [3.63, 3.8) is 0 Å². The quantitative estimate of drug-likeness (QED) is 0.670. The average Bonchev–Trinajstić information content (AvgIpc) is 3.49. The van der Waals surface area contributed by atoms with E-state index in [1.165, 1.54) is 12.1 Å². The summed E-state index contributed by atoms with van der Waals surface area (Å²) < 4.78 is 68.1. The third kappa shape index (κ3) is 3.66. The molecule has 0 unspecified atom stereocenters. The molecule has 0 saturated heterocycles. The Morgan fingerprint density at radius 1 is 1.16 bits per heavy atom. The summed E-state index contributed by atoms with van der Waals surface area (Å²) in [5.41, 5.74) is -1.54. The topological polar surface area (TPSA) is 49.3 Å². The van der Waals surface area contributed by atoms with Gasteiger partial charge in [0, 0.05) is 5.56 Å². The number of anilines is 1. The van der Waals surface area contributed by atoms with Crippen LogP contribution in [0.5, 0.6) is 0 Å². The first-order chi connectivity index (χ1) is 14.6. The molecule has 2 heterocycles. The van der Waals surface area contributed by atoms with Crippen molar-refractivity contribution in [2.24, 2.45) is 4.99 Å². The van der Waals surface area contributed by atoms with Crippen LogP contribution in [-0.2, 0) is 5.41 Å². The van der Waals surface area contributed by atoms with Gasteiger partial charge in [0.1, 0.15) is 23.3 Å². The van der Waals surface area contributed by atoms with Crippen LogP contribution in [0.25, 0.3) is 12.4 Å². The third-order valence-corrected chi connectivity index (χ3v) is 5.79. The second-order valence-electron chi connectivity index (χ2n) is 7.92. The number of aliphatic imine (C=N–C) groups is 1. The summed E-state index contributed by atoms with van der Waals surface area (Å²) in [6, 6.07) is 4.69. The van der Waals surface area contributed by atoms with E-state index < -0.39 is 35.7 Å². The van der Waals surface area contributed by atoms with E-state index in [4.69, 9.17) is 0 Å². The molecule has 0 spiro atoms. The minimum absolute atomic E-state index is 0.0476. The number of alkyl halides is 4. The van der Waals surface area contributed by atoms with Crippen molar-refractivity contribution >= 4 is 24.1 Å². The van der Waals surface area contributed by atoms with Crippen LogP contribution in [0.2, 0.25) is 0 Å². The first-order valence-electron chi connectivity index (χ1n) is 9.82. The first-order valence-corrected chi connectivity index (χ1v) is 9.82. The fraction of sp³-hybridized carbons (Fsp3) is 0.364. The number of hydrogen-bond donors (Lipinski definition) is 2. The lowest BCUT2D eigenvalue weighted by atomic mass is 9.96. The first kappa shape index (κ1) is 21.3. The number of nitrogens with zero attached hydrogens (tertiary/aromatic N) is 2. The molecule has 4 rings (SSSR count). The van der Waals surface area contributed by atoms with Crippen LogP contribution < -0.4 is 21.2 Å². The number of rotatable bonds is 6. The van der Waals surface area contributed by atoms with Gasteiger partial charge in [-0.05, 0) is 38.3 Å². The minimum Gasteiger partial charge on any atom is -0.363 e. The average molecular weight is 436 g/mol. The molecule has 2 aromatic rings. The molecule has 1 aliphatic carbocycles. The van der Waals surface area contributed by atoms with Gasteiger partial charge in [-0.2, -0.15) is 0 Å². The highest BCUT2D eigenvalue weighted by molar-refractivity contribution is 5.97. The van der Waals surface area contributed by atoms with Gasteiger partial charge in [-0.1, -0.05) is 24.8 Å². The van der Waals surface area contributed by atoms with E-state index in [9.17, 15) is 22.0 Å². The summed E-state index contributed by atoms with van der Waals surface area (Å²) in [5.74, 6) is 0.176. The molecule has 1 aromatic heterocycles. The van der Waals surface area contributed by atoms with Gasteiger partial charge in [-0.3, -0.25) is 0 Å². The normalized spacial score (nSPS) is 17.8. The molecule has 2 N–H and O–H groups in total. The molecule has 1 saturated carbocycles. The van der Waals surface area contributed by atoms with E-state index in [1.54, 1.807) is 19.9 Å². The Labute approximate surface area is 175 Å². The van der Waals surface area contributed by atoms with Gasteiger partial charge in [0.2, 0.25) is 6.43 Å². The summed E-state index contributed by atoms with van der Waals surface area (Å²) in [7, 11) is 0. The number of fused-ring (bicyclic) bond motifs is 1. The molecule has 1 aromatic carbocycles. The zero-order chi connectivity index (χ0) is 22.5. The molecular weight excluding hydrogens is 415 g/mol. The lowest BCUT2D eigenvalue weighted by Gasteiger charge is -2.23. The summed E-state index contributed by atoms with van der Waals surface area (Å²) in [6.45, 7) is 7.14. The Morgan fingerprint density at radius 2 is 1.84 bits per heavy atom. The number of hydrogen-bond acceptors (Lipinski definition) is 4. The van der Waals surface area contributed by atoms with Crippen molar-refractivity contribution < 1.29 is 22.0 Å². The van der Waals surface area contributed by atoms with Crippen LogP contribution >= 0.6 is 0 Å². The van der Waals surface area contributed by atoms with Crippen molar-refractivity contribution in [1.29, 1.82) is 0 Å². The maximum Gasteiger partial charge on any atom is 0.266 e. The van der Waals surface area contributed by atoms with Crippen LogP contribution in [-0.4, -0.2) is 17.2 Å². The maximum absolute atomic E-state index is 14.6. The molecule has 4 nitrogen and oxygen atoms in total. The number of halogens is 5. The standard InChI is InChI=1S/C22H21F5N4/c1-10(13-5-4-6-14(17(13)23)18(24)25)28-19-15-9-16(22(7-8-22)21(26)27)11(2)29-20(15)31-12(3)30-19/h4-6,9-10,18,21H,2,7-8H2,1,3H3,(H2,28,29,30,31)/t10-/m1/s1.